The zero-order chi connectivity index (χ0) is 19.2. The second kappa shape index (κ2) is 8.82. The van der Waals surface area contributed by atoms with Crippen LogP contribution in [0.4, 0.5) is 0 Å². The van der Waals surface area contributed by atoms with E-state index >= 15 is 0 Å². The van der Waals surface area contributed by atoms with Crippen molar-refractivity contribution in [1.29, 1.82) is 0 Å². The molecule has 0 saturated carbocycles. The average molecular weight is 384 g/mol. The molecule has 27 heavy (non-hydrogen) atoms. The largest absolute Gasteiger partial charge is 0.339 e. The number of carbonyl (C=O) groups is 1. The molecule has 3 aromatic rings. The van der Waals surface area contributed by atoms with Crippen molar-refractivity contribution in [1.82, 2.24) is 15.0 Å². The maximum absolute atomic E-state index is 12.9. The number of rotatable bonds is 7. The number of carbonyl (C=O) groups excluding carboxylic acids is 1. The minimum atomic E-state index is 0.0161. The zero-order valence-electron chi connectivity index (χ0n) is 15.4. The van der Waals surface area contributed by atoms with E-state index in [0.29, 0.717) is 35.3 Å². The Bertz CT molecular complexity index is 878. The van der Waals surface area contributed by atoms with Gasteiger partial charge in [0.2, 0.25) is 11.7 Å². The quantitative estimate of drug-likeness (QED) is 0.583. The number of hydrogen-bond acceptors (Lipinski definition) is 4. The van der Waals surface area contributed by atoms with Crippen molar-refractivity contribution in [3.05, 3.63) is 71.1 Å². The zero-order valence-corrected chi connectivity index (χ0v) is 16.2. The summed E-state index contributed by atoms with van der Waals surface area (Å²) in [6.07, 6.45) is 1.38. The van der Waals surface area contributed by atoms with E-state index in [4.69, 9.17) is 16.1 Å². The van der Waals surface area contributed by atoms with Crippen LogP contribution in [0.1, 0.15) is 36.5 Å². The summed E-state index contributed by atoms with van der Waals surface area (Å²) in [6.45, 7) is 4.64. The number of hydrogen-bond donors (Lipinski definition) is 0. The number of nitrogens with zero attached hydrogens (tertiary/aromatic N) is 3. The summed E-state index contributed by atoms with van der Waals surface area (Å²) in [5, 5.41) is 4.69. The topological polar surface area (TPSA) is 59.2 Å². The van der Waals surface area contributed by atoms with Crippen molar-refractivity contribution >= 4 is 17.5 Å². The standard InChI is InChI=1S/C21H22ClN3O2/c1-3-15(2)25(21(26)17-7-5-4-6-8-17)14-13-19-23-20(24-27-19)16-9-11-18(22)12-10-16/h4-12,15H,3,13-14H2,1-2H3. The molecule has 1 heterocycles. The van der Waals surface area contributed by atoms with Gasteiger partial charge in [-0.2, -0.15) is 4.98 Å². The molecule has 0 N–H and O–H groups in total. The number of aromatic nitrogens is 2. The van der Waals surface area contributed by atoms with Gasteiger partial charge in [0.25, 0.3) is 5.91 Å². The molecule has 1 unspecified atom stereocenters. The van der Waals surface area contributed by atoms with Gasteiger partial charge in [0.05, 0.1) is 0 Å². The van der Waals surface area contributed by atoms with Crippen molar-refractivity contribution in [2.45, 2.75) is 32.7 Å². The maximum Gasteiger partial charge on any atom is 0.254 e. The molecule has 0 saturated heterocycles. The fourth-order valence-electron chi connectivity index (χ4n) is 2.78. The maximum atomic E-state index is 12.9. The molecule has 1 aromatic heterocycles. The van der Waals surface area contributed by atoms with Crippen LogP contribution in [-0.2, 0) is 6.42 Å². The van der Waals surface area contributed by atoms with Crippen LogP contribution in [0, 0.1) is 0 Å². The highest BCUT2D eigenvalue weighted by atomic mass is 35.5. The van der Waals surface area contributed by atoms with Crippen molar-refractivity contribution < 1.29 is 9.32 Å². The minimum Gasteiger partial charge on any atom is -0.339 e. The first kappa shape index (κ1) is 19.1. The molecule has 0 radical (unpaired) electrons. The number of benzene rings is 2. The first-order chi connectivity index (χ1) is 13.1. The van der Waals surface area contributed by atoms with E-state index in [-0.39, 0.29) is 11.9 Å². The van der Waals surface area contributed by atoms with Crippen molar-refractivity contribution in [2.75, 3.05) is 6.54 Å². The molecular formula is C21H22ClN3O2. The van der Waals surface area contributed by atoms with Gasteiger partial charge in [-0.15, -0.1) is 0 Å². The summed E-state index contributed by atoms with van der Waals surface area (Å²) in [4.78, 5) is 19.2. The Hall–Kier alpha value is -2.66. The van der Waals surface area contributed by atoms with Crippen LogP contribution in [-0.4, -0.2) is 33.5 Å². The van der Waals surface area contributed by atoms with Crippen molar-refractivity contribution in [3.8, 4) is 11.4 Å². The molecule has 2 aromatic carbocycles. The van der Waals surface area contributed by atoms with Gasteiger partial charge in [-0.25, -0.2) is 0 Å². The lowest BCUT2D eigenvalue weighted by atomic mass is 10.1. The summed E-state index contributed by atoms with van der Waals surface area (Å²) >= 11 is 5.91. The van der Waals surface area contributed by atoms with Crippen LogP contribution in [0.2, 0.25) is 5.02 Å². The van der Waals surface area contributed by atoms with Crippen LogP contribution in [0.5, 0.6) is 0 Å². The molecule has 6 heteroatoms. The van der Waals surface area contributed by atoms with E-state index in [1.165, 1.54) is 0 Å². The van der Waals surface area contributed by atoms with Gasteiger partial charge in [0.1, 0.15) is 0 Å². The molecule has 0 fully saturated rings. The van der Waals surface area contributed by atoms with Crippen LogP contribution in [0.3, 0.4) is 0 Å². The Morgan fingerprint density at radius 1 is 1.15 bits per heavy atom. The SMILES string of the molecule is CCC(C)N(CCc1nc(-c2ccc(Cl)cc2)no1)C(=O)c1ccccc1. The van der Waals surface area contributed by atoms with Gasteiger partial charge >= 0.3 is 0 Å². The summed E-state index contributed by atoms with van der Waals surface area (Å²) < 4.78 is 5.37. The molecule has 0 aliphatic carbocycles. The fourth-order valence-corrected chi connectivity index (χ4v) is 2.90. The highest BCUT2D eigenvalue weighted by molar-refractivity contribution is 6.30. The van der Waals surface area contributed by atoms with E-state index in [1.54, 1.807) is 12.1 Å². The van der Waals surface area contributed by atoms with Crippen LogP contribution in [0.25, 0.3) is 11.4 Å². The van der Waals surface area contributed by atoms with Crippen LogP contribution < -0.4 is 0 Å². The van der Waals surface area contributed by atoms with E-state index in [1.807, 2.05) is 54.3 Å². The predicted molar refractivity (Wildman–Crippen MR) is 106 cm³/mol. The first-order valence-electron chi connectivity index (χ1n) is 9.03. The molecule has 5 nitrogen and oxygen atoms in total. The smallest absolute Gasteiger partial charge is 0.254 e. The highest BCUT2D eigenvalue weighted by Gasteiger charge is 2.21. The fraction of sp³-hybridized carbons (Fsp3) is 0.286. The van der Waals surface area contributed by atoms with E-state index in [2.05, 4.69) is 17.1 Å². The van der Waals surface area contributed by atoms with Crippen molar-refractivity contribution in [3.63, 3.8) is 0 Å². The molecule has 0 spiro atoms. The number of amides is 1. The van der Waals surface area contributed by atoms with Gasteiger partial charge < -0.3 is 9.42 Å². The molecule has 1 amide bonds. The third-order valence-electron chi connectivity index (χ3n) is 4.54. The van der Waals surface area contributed by atoms with E-state index in [0.717, 1.165) is 12.0 Å². The second-order valence-corrected chi connectivity index (χ2v) is 6.83. The summed E-state index contributed by atoms with van der Waals surface area (Å²) in [6, 6.07) is 16.7. The second-order valence-electron chi connectivity index (χ2n) is 6.39. The lowest BCUT2D eigenvalue weighted by Crippen LogP contribution is -2.39. The minimum absolute atomic E-state index is 0.0161. The van der Waals surface area contributed by atoms with Gasteiger partial charge in [-0.1, -0.05) is 41.9 Å². The Morgan fingerprint density at radius 2 is 1.85 bits per heavy atom. The van der Waals surface area contributed by atoms with Crippen LogP contribution in [0.15, 0.2) is 59.1 Å². The predicted octanol–water partition coefficient (Wildman–Crippen LogP) is 4.87. The third-order valence-corrected chi connectivity index (χ3v) is 4.79. The van der Waals surface area contributed by atoms with Gasteiger partial charge in [-0.05, 0) is 49.7 Å². The normalized spacial score (nSPS) is 12.0. The first-order valence-corrected chi connectivity index (χ1v) is 9.40. The molecule has 0 bridgehead atoms. The molecular weight excluding hydrogens is 362 g/mol. The Balaban J connectivity index is 1.70. The third kappa shape index (κ3) is 4.74. The average Bonchev–Trinajstić information content (AvgIpc) is 3.18. The van der Waals surface area contributed by atoms with E-state index < -0.39 is 0 Å². The Kier molecular flexibility index (Phi) is 6.24. The Morgan fingerprint density at radius 3 is 2.52 bits per heavy atom. The van der Waals surface area contributed by atoms with Gasteiger partial charge in [-0.3, -0.25) is 4.79 Å². The lowest BCUT2D eigenvalue weighted by molar-refractivity contribution is 0.0686. The monoisotopic (exact) mass is 383 g/mol. The van der Waals surface area contributed by atoms with Gasteiger partial charge in [0, 0.05) is 35.2 Å². The van der Waals surface area contributed by atoms with Crippen molar-refractivity contribution in [2.24, 2.45) is 0 Å². The summed E-state index contributed by atoms with van der Waals surface area (Å²) in [7, 11) is 0. The molecule has 0 aliphatic rings. The lowest BCUT2D eigenvalue weighted by Gasteiger charge is -2.28. The highest BCUT2D eigenvalue weighted by Crippen LogP contribution is 2.19. The summed E-state index contributed by atoms with van der Waals surface area (Å²) in [5.41, 5.74) is 1.53. The molecule has 0 aliphatic heterocycles. The number of halogens is 1. The van der Waals surface area contributed by atoms with Gasteiger partial charge in [0.15, 0.2) is 0 Å². The molecule has 140 valence electrons. The molecule has 3 rings (SSSR count). The Labute approximate surface area is 164 Å². The van der Waals surface area contributed by atoms with Crippen LogP contribution >= 0.6 is 11.6 Å². The van der Waals surface area contributed by atoms with E-state index in [9.17, 15) is 4.79 Å². The molecule has 1 atom stereocenters. The summed E-state index contributed by atoms with van der Waals surface area (Å²) in [5.74, 6) is 1.04.